The average molecular weight is 304 g/mol. The highest BCUT2D eigenvalue weighted by molar-refractivity contribution is 5.94. The molecule has 4 atom stereocenters. The minimum atomic E-state index is -0.822. The smallest absolute Gasteiger partial charge is 0.159 e. The van der Waals surface area contributed by atoms with Crippen molar-refractivity contribution in [3.05, 3.63) is 24.3 Å². The third-order valence-electron chi connectivity index (χ3n) is 6.36. The third kappa shape index (κ3) is 2.95. The summed E-state index contributed by atoms with van der Waals surface area (Å²) in [4.78, 5) is 12.7. The van der Waals surface area contributed by atoms with Gasteiger partial charge >= 0.3 is 0 Å². The van der Waals surface area contributed by atoms with Crippen molar-refractivity contribution in [3.8, 4) is 0 Å². The van der Waals surface area contributed by atoms with Gasteiger partial charge in [-0.05, 0) is 62.4 Å². The molecule has 0 bridgehead atoms. The molecule has 0 aromatic heterocycles. The Hall–Kier alpha value is -0.890. The summed E-state index contributed by atoms with van der Waals surface area (Å²) in [6.45, 7) is 14.4. The molecule has 4 unspecified atom stereocenters. The third-order valence-corrected chi connectivity index (χ3v) is 6.36. The van der Waals surface area contributed by atoms with Gasteiger partial charge in [-0.25, -0.2) is 0 Å². The van der Waals surface area contributed by atoms with Gasteiger partial charge in [0.15, 0.2) is 5.78 Å². The highest BCUT2D eigenvalue weighted by Crippen LogP contribution is 2.59. The fourth-order valence-corrected chi connectivity index (χ4v) is 5.22. The van der Waals surface area contributed by atoms with E-state index in [1.807, 2.05) is 13.0 Å². The predicted molar refractivity (Wildman–Crippen MR) is 91.5 cm³/mol. The molecule has 2 heteroatoms. The summed E-state index contributed by atoms with van der Waals surface area (Å²) in [6, 6.07) is 0. The van der Waals surface area contributed by atoms with Gasteiger partial charge in [0.1, 0.15) is 0 Å². The summed E-state index contributed by atoms with van der Waals surface area (Å²) >= 11 is 0. The fraction of sp³-hybridized carbons (Fsp3) is 0.750. The van der Waals surface area contributed by atoms with Crippen LogP contribution in [-0.4, -0.2) is 16.5 Å². The summed E-state index contributed by atoms with van der Waals surface area (Å²) in [5, 5.41) is 10.3. The maximum Gasteiger partial charge on any atom is 0.159 e. The van der Waals surface area contributed by atoms with Crippen molar-refractivity contribution < 1.29 is 9.90 Å². The van der Waals surface area contributed by atoms with Crippen molar-refractivity contribution in [3.63, 3.8) is 0 Å². The first-order chi connectivity index (χ1) is 10.0. The maximum atomic E-state index is 12.7. The zero-order chi connectivity index (χ0) is 16.8. The van der Waals surface area contributed by atoms with Gasteiger partial charge in [0, 0.05) is 5.92 Å². The van der Waals surface area contributed by atoms with Crippen LogP contribution in [0.5, 0.6) is 0 Å². The molecular weight excluding hydrogens is 272 g/mol. The lowest BCUT2D eigenvalue weighted by molar-refractivity contribution is -0.136. The lowest BCUT2D eigenvalue weighted by Gasteiger charge is -2.56. The molecule has 0 aromatic carbocycles. The van der Waals surface area contributed by atoms with E-state index in [-0.39, 0.29) is 16.7 Å². The number of fused-ring (bicyclic) bond motifs is 1. The molecule has 2 rings (SSSR count). The molecule has 1 saturated carbocycles. The van der Waals surface area contributed by atoms with Crippen molar-refractivity contribution >= 4 is 5.78 Å². The first kappa shape index (κ1) is 17.5. The highest BCUT2D eigenvalue weighted by atomic mass is 16.3. The Balaban J connectivity index is 2.34. The molecule has 0 aromatic rings. The molecule has 0 aliphatic heterocycles. The van der Waals surface area contributed by atoms with E-state index in [0.29, 0.717) is 18.1 Å². The van der Waals surface area contributed by atoms with Crippen molar-refractivity contribution in [2.45, 2.75) is 72.3 Å². The van der Waals surface area contributed by atoms with Gasteiger partial charge in [-0.15, -0.1) is 6.58 Å². The van der Waals surface area contributed by atoms with Crippen LogP contribution in [0.1, 0.15) is 66.7 Å². The van der Waals surface area contributed by atoms with Crippen molar-refractivity contribution in [2.24, 2.45) is 22.7 Å². The van der Waals surface area contributed by atoms with Gasteiger partial charge in [0.2, 0.25) is 0 Å². The number of rotatable bonds is 4. The molecular formula is C20H32O2. The number of carbonyl (C=O) groups excluding carboxylic acids is 1. The van der Waals surface area contributed by atoms with Crippen LogP contribution in [0.4, 0.5) is 0 Å². The van der Waals surface area contributed by atoms with Crippen molar-refractivity contribution in [1.82, 2.24) is 0 Å². The topological polar surface area (TPSA) is 37.3 Å². The largest absolute Gasteiger partial charge is 0.386 e. The first-order valence-corrected chi connectivity index (χ1v) is 8.61. The number of hydrogen-bond acceptors (Lipinski definition) is 2. The van der Waals surface area contributed by atoms with Crippen LogP contribution in [0.2, 0.25) is 0 Å². The van der Waals surface area contributed by atoms with Crippen LogP contribution in [0, 0.1) is 22.7 Å². The van der Waals surface area contributed by atoms with E-state index in [1.54, 1.807) is 6.08 Å². The van der Waals surface area contributed by atoms with Gasteiger partial charge in [-0.2, -0.15) is 0 Å². The molecule has 22 heavy (non-hydrogen) atoms. The number of allylic oxidation sites excluding steroid dienone is 2. The Morgan fingerprint density at radius 1 is 1.41 bits per heavy atom. The Bertz CT molecular complexity index is 498. The van der Waals surface area contributed by atoms with Crippen LogP contribution >= 0.6 is 0 Å². The number of hydrogen-bond donors (Lipinski definition) is 1. The van der Waals surface area contributed by atoms with Crippen LogP contribution in [0.25, 0.3) is 0 Å². The molecule has 0 radical (unpaired) electrons. The van der Waals surface area contributed by atoms with Gasteiger partial charge < -0.3 is 5.11 Å². The molecule has 2 nitrogen and oxygen atoms in total. The van der Waals surface area contributed by atoms with Gasteiger partial charge in [0.25, 0.3) is 0 Å². The fourth-order valence-electron chi connectivity index (χ4n) is 5.22. The standard InChI is InChI=1S/C20H32O2/c1-7-19(5,22)12-9-15-14(2)13-16(21)17-18(3,4)10-8-11-20(15,17)6/h7,13,15,17,22H,1,8-12H2,2-6H3. The number of aliphatic hydroxyl groups is 1. The Morgan fingerprint density at radius 3 is 2.64 bits per heavy atom. The van der Waals surface area contributed by atoms with Crippen LogP contribution in [0.15, 0.2) is 24.3 Å². The average Bonchev–Trinajstić information content (AvgIpc) is 2.36. The number of ketones is 1. The SMILES string of the molecule is C=CC(C)(O)CCC1C(C)=CC(=O)C2C(C)(C)CCCC12C. The molecule has 0 saturated heterocycles. The highest BCUT2D eigenvalue weighted by Gasteiger charge is 2.55. The molecule has 0 heterocycles. The Morgan fingerprint density at radius 2 is 2.05 bits per heavy atom. The summed E-state index contributed by atoms with van der Waals surface area (Å²) < 4.78 is 0. The van der Waals surface area contributed by atoms with E-state index in [2.05, 4.69) is 34.3 Å². The summed E-state index contributed by atoms with van der Waals surface area (Å²) in [5.41, 5.74) is 0.467. The molecule has 0 amide bonds. The quantitative estimate of drug-likeness (QED) is 0.766. The van der Waals surface area contributed by atoms with Gasteiger partial charge in [0.05, 0.1) is 5.60 Å². The number of carbonyl (C=O) groups is 1. The van der Waals surface area contributed by atoms with Crippen molar-refractivity contribution in [2.75, 3.05) is 0 Å². The molecule has 1 N–H and O–H groups in total. The van der Waals surface area contributed by atoms with E-state index in [0.717, 1.165) is 19.3 Å². The summed E-state index contributed by atoms with van der Waals surface area (Å²) in [5.74, 6) is 0.800. The van der Waals surface area contributed by atoms with Crippen molar-refractivity contribution in [1.29, 1.82) is 0 Å². The van der Waals surface area contributed by atoms with Crippen LogP contribution < -0.4 is 0 Å². The molecule has 1 fully saturated rings. The normalized spacial score (nSPS) is 37.0. The van der Waals surface area contributed by atoms with E-state index in [9.17, 15) is 9.90 Å². The maximum absolute atomic E-state index is 12.7. The van der Waals surface area contributed by atoms with Crippen LogP contribution in [0.3, 0.4) is 0 Å². The lowest BCUT2D eigenvalue weighted by atomic mass is 9.47. The molecule has 2 aliphatic carbocycles. The summed E-state index contributed by atoms with van der Waals surface area (Å²) in [7, 11) is 0. The zero-order valence-corrected chi connectivity index (χ0v) is 14.9. The second-order valence-electron chi connectivity index (χ2n) is 8.72. The van der Waals surface area contributed by atoms with E-state index >= 15 is 0 Å². The monoisotopic (exact) mass is 304 g/mol. The minimum Gasteiger partial charge on any atom is -0.386 e. The molecule has 124 valence electrons. The Labute approximate surface area is 135 Å². The predicted octanol–water partition coefficient (Wildman–Crippen LogP) is 4.68. The van der Waals surface area contributed by atoms with E-state index < -0.39 is 5.60 Å². The van der Waals surface area contributed by atoms with E-state index in [4.69, 9.17) is 0 Å². The van der Waals surface area contributed by atoms with Gasteiger partial charge in [-0.3, -0.25) is 4.79 Å². The van der Waals surface area contributed by atoms with Crippen LogP contribution in [-0.2, 0) is 4.79 Å². The molecule has 0 spiro atoms. The lowest BCUT2D eigenvalue weighted by Crippen LogP contribution is -2.52. The second kappa shape index (κ2) is 5.63. The zero-order valence-electron chi connectivity index (χ0n) is 14.9. The van der Waals surface area contributed by atoms with E-state index in [1.165, 1.54) is 12.0 Å². The molecule has 2 aliphatic rings. The summed E-state index contributed by atoms with van der Waals surface area (Å²) in [6.07, 6.45) is 8.55. The first-order valence-electron chi connectivity index (χ1n) is 8.61. The minimum absolute atomic E-state index is 0.0227. The Kier molecular flexibility index (Phi) is 4.47. The second-order valence-corrected chi connectivity index (χ2v) is 8.72. The van der Waals surface area contributed by atoms with Gasteiger partial charge in [-0.1, -0.05) is 38.8 Å².